The molecule has 2 aromatic rings. The Kier molecular flexibility index (Phi) is 5.88. The van der Waals surface area contributed by atoms with Crippen molar-refractivity contribution in [3.8, 4) is 17.2 Å². The van der Waals surface area contributed by atoms with Crippen LogP contribution in [0.2, 0.25) is 0 Å². The van der Waals surface area contributed by atoms with Crippen molar-refractivity contribution in [3.05, 3.63) is 28.2 Å². The summed E-state index contributed by atoms with van der Waals surface area (Å²) in [6, 6.07) is 5.32. The van der Waals surface area contributed by atoms with E-state index in [9.17, 15) is 9.90 Å². The molecule has 0 spiro atoms. The molecule has 3 rings (SSSR count). The molecule has 1 aromatic heterocycles. The van der Waals surface area contributed by atoms with Gasteiger partial charge in [-0.25, -0.2) is 4.79 Å². The minimum atomic E-state index is -0.921. The van der Waals surface area contributed by atoms with E-state index in [0.29, 0.717) is 28.8 Å². The van der Waals surface area contributed by atoms with Crippen molar-refractivity contribution in [3.63, 3.8) is 0 Å². The van der Waals surface area contributed by atoms with Crippen LogP contribution in [0.1, 0.15) is 43.6 Å². The molecule has 158 valence electrons. The second-order valence-electron chi connectivity index (χ2n) is 7.95. The van der Waals surface area contributed by atoms with Crippen LogP contribution >= 0.6 is 11.3 Å². The fourth-order valence-corrected chi connectivity index (χ4v) is 5.12. The first kappa shape index (κ1) is 21.2. The monoisotopic (exact) mass is 421 g/mol. The van der Waals surface area contributed by atoms with Crippen molar-refractivity contribution in [2.75, 3.05) is 20.8 Å². The summed E-state index contributed by atoms with van der Waals surface area (Å²) in [5.74, 6) is 1.83. The van der Waals surface area contributed by atoms with E-state index in [-0.39, 0.29) is 12.0 Å². The van der Waals surface area contributed by atoms with Crippen molar-refractivity contribution in [2.24, 2.45) is 5.41 Å². The molecule has 1 aromatic carbocycles. The van der Waals surface area contributed by atoms with Gasteiger partial charge >= 0.3 is 6.09 Å². The molecular formula is C20H27N3O5S. The molecule has 0 unspecified atom stereocenters. The molecule has 0 radical (unpaired) electrons. The number of rotatable bonds is 6. The lowest BCUT2D eigenvalue weighted by Gasteiger charge is -2.45. The lowest BCUT2D eigenvalue weighted by Crippen LogP contribution is -2.52. The summed E-state index contributed by atoms with van der Waals surface area (Å²) in [5.41, 5.74) is -0.999. The lowest BCUT2D eigenvalue weighted by molar-refractivity contribution is 0.0270. The molecule has 29 heavy (non-hydrogen) atoms. The van der Waals surface area contributed by atoms with Crippen LogP contribution in [0, 0.1) is 5.41 Å². The summed E-state index contributed by atoms with van der Waals surface area (Å²) in [7, 11) is 3.15. The SMILES string of the molecule is COc1ccc(OCc2nnc([C@@]3(C(C)(C)C)CCCN3C(=O)O)s2)cc1OC. The van der Waals surface area contributed by atoms with Crippen LogP contribution in [-0.4, -0.2) is 47.1 Å². The summed E-state index contributed by atoms with van der Waals surface area (Å²) in [5, 5.41) is 19.8. The molecule has 1 saturated heterocycles. The molecule has 2 heterocycles. The maximum Gasteiger partial charge on any atom is 0.408 e. The van der Waals surface area contributed by atoms with Crippen LogP contribution in [0.25, 0.3) is 0 Å². The Hall–Kier alpha value is -2.55. The van der Waals surface area contributed by atoms with Gasteiger partial charge in [0.2, 0.25) is 0 Å². The van der Waals surface area contributed by atoms with Gasteiger partial charge in [0, 0.05) is 12.6 Å². The van der Waals surface area contributed by atoms with Crippen LogP contribution in [0.15, 0.2) is 18.2 Å². The molecule has 0 bridgehead atoms. The smallest absolute Gasteiger partial charge is 0.408 e. The number of ether oxygens (including phenoxy) is 3. The normalized spacial score (nSPS) is 19.3. The Balaban J connectivity index is 1.82. The molecule has 1 amide bonds. The molecule has 8 nitrogen and oxygen atoms in total. The van der Waals surface area contributed by atoms with E-state index in [1.54, 1.807) is 32.4 Å². The Labute approximate surface area is 174 Å². The zero-order chi connectivity index (χ0) is 21.2. The Bertz CT molecular complexity index is 879. The number of benzene rings is 1. The van der Waals surface area contributed by atoms with E-state index >= 15 is 0 Å². The molecule has 0 saturated carbocycles. The fourth-order valence-electron chi connectivity index (χ4n) is 3.93. The quantitative estimate of drug-likeness (QED) is 0.749. The number of likely N-dealkylation sites (tertiary alicyclic amines) is 1. The first-order valence-corrected chi connectivity index (χ1v) is 10.2. The topological polar surface area (TPSA) is 94.0 Å². The Morgan fingerprint density at radius 3 is 2.59 bits per heavy atom. The van der Waals surface area contributed by atoms with Gasteiger partial charge in [-0.3, -0.25) is 4.90 Å². The van der Waals surface area contributed by atoms with Gasteiger partial charge in [-0.15, -0.1) is 10.2 Å². The minimum absolute atomic E-state index is 0.237. The van der Waals surface area contributed by atoms with Gasteiger partial charge in [-0.05, 0) is 30.4 Å². The number of carbonyl (C=O) groups is 1. The van der Waals surface area contributed by atoms with Gasteiger partial charge in [0.05, 0.1) is 14.2 Å². The first-order valence-electron chi connectivity index (χ1n) is 9.41. The maximum atomic E-state index is 11.9. The molecule has 9 heteroatoms. The van der Waals surface area contributed by atoms with Gasteiger partial charge in [-0.2, -0.15) is 0 Å². The van der Waals surface area contributed by atoms with Crippen molar-refractivity contribution in [1.29, 1.82) is 0 Å². The van der Waals surface area contributed by atoms with E-state index in [2.05, 4.69) is 31.0 Å². The molecule has 1 N–H and O–H groups in total. The molecule has 1 aliphatic rings. The summed E-state index contributed by atoms with van der Waals surface area (Å²) < 4.78 is 16.4. The molecular weight excluding hydrogens is 394 g/mol. The summed E-state index contributed by atoms with van der Waals surface area (Å²) in [6.07, 6.45) is 0.616. The number of hydrogen-bond acceptors (Lipinski definition) is 7. The van der Waals surface area contributed by atoms with E-state index in [4.69, 9.17) is 14.2 Å². The summed E-state index contributed by atoms with van der Waals surface area (Å²) in [4.78, 5) is 13.4. The van der Waals surface area contributed by atoms with E-state index in [1.807, 2.05) is 0 Å². The molecule has 1 fully saturated rings. The van der Waals surface area contributed by atoms with Crippen LogP contribution in [0.4, 0.5) is 4.79 Å². The van der Waals surface area contributed by atoms with Gasteiger partial charge < -0.3 is 19.3 Å². The minimum Gasteiger partial charge on any atom is -0.493 e. The third-order valence-electron chi connectivity index (χ3n) is 5.39. The molecule has 1 aliphatic heterocycles. The highest BCUT2D eigenvalue weighted by molar-refractivity contribution is 7.11. The number of carboxylic acid groups (broad SMARTS) is 1. The first-order chi connectivity index (χ1) is 13.7. The van der Waals surface area contributed by atoms with Crippen molar-refractivity contribution < 1.29 is 24.1 Å². The van der Waals surface area contributed by atoms with Gasteiger partial charge in [-0.1, -0.05) is 32.1 Å². The highest BCUT2D eigenvalue weighted by Crippen LogP contribution is 2.52. The second-order valence-corrected chi connectivity index (χ2v) is 9.02. The van der Waals surface area contributed by atoms with Crippen LogP contribution in [-0.2, 0) is 12.1 Å². The third-order valence-corrected chi connectivity index (χ3v) is 6.44. The van der Waals surface area contributed by atoms with E-state index in [0.717, 1.165) is 17.8 Å². The molecule has 1 atom stereocenters. The van der Waals surface area contributed by atoms with Crippen molar-refractivity contribution >= 4 is 17.4 Å². The third kappa shape index (κ3) is 3.83. The standard InChI is InChI=1S/C20H27N3O5S/c1-19(2,3)20(9-6-10-23(20)18(24)25)17-22-21-16(29-17)12-28-13-7-8-14(26-4)15(11-13)27-5/h7-8,11H,6,9-10,12H2,1-5H3,(H,24,25)/t20-/m1/s1. The van der Waals surface area contributed by atoms with Gasteiger partial charge in [0.25, 0.3) is 0 Å². The number of nitrogens with zero attached hydrogens (tertiary/aromatic N) is 3. The molecule has 0 aliphatic carbocycles. The summed E-state index contributed by atoms with van der Waals surface area (Å²) >= 11 is 1.41. The number of amides is 1. The Morgan fingerprint density at radius 1 is 1.24 bits per heavy atom. The highest BCUT2D eigenvalue weighted by atomic mass is 32.1. The van der Waals surface area contributed by atoms with Crippen LogP contribution < -0.4 is 14.2 Å². The maximum absolute atomic E-state index is 11.9. The zero-order valence-corrected chi connectivity index (χ0v) is 18.2. The number of aromatic nitrogens is 2. The fraction of sp³-hybridized carbons (Fsp3) is 0.550. The van der Waals surface area contributed by atoms with Crippen LogP contribution in [0.3, 0.4) is 0 Å². The zero-order valence-electron chi connectivity index (χ0n) is 17.4. The highest BCUT2D eigenvalue weighted by Gasteiger charge is 2.55. The predicted octanol–water partition coefficient (Wildman–Crippen LogP) is 4.15. The van der Waals surface area contributed by atoms with E-state index in [1.165, 1.54) is 16.2 Å². The second kappa shape index (κ2) is 8.06. The van der Waals surface area contributed by atoms with Crippen LogP contribution in [0.5, 0.6) is 17.2 Å². The lowest BCUT2D eigenvalue weighted by atomic mass is 9.72. The largest absolute Gasteiger partial charge is 0.493 e. The number of hydrogen-bond donors (Lipinski definition) is 1. The van der Waals surface area contributed by atoms with Gasteiger partial charge in [0.1, 0.15) is 22.9 Å². The number of methoxy groups -OCH3 is 2. The van der Waals surface area contributed by atoms with Crippen molar-refractivity contribution in [2.45, 2.75) is 45.8 Å². The van der Waals surface area contributed by atoms with E-state index < -0.39 is 11.6 Å². The van der Waals surface area contributed by atoms with Crippen molar-refractivity contribution in [1.82, 2.24) is 15.1 Å². The average molecular weight is 422 g/mol. The van der Waals surface area contributed by atoms with Gasteiger partial charge in [0.15, 0.2) is 16.5 Å². The average Bonchev–Trinajstić information content (AvgIpc) is 3.33. The Morgan fingerprint density at radius 2 is 1.97 bits per heavy atom. The predicted molar refractivity (Wildman–Crippen MR) is 109 cm³/mol. The summed E-state index contributed by atoms with van der Waals surface area (Å²) in [6.45, 7) is 6.89.